The van der Waals surface area contributed by atoms with Crippen LogP contribution >= 0.6 is 0 Å². The summed E-state index contributed by atoms with van der Waals surface area (Å²) in [6.45, 7) is 6.60. The van der Waals surface area contributed by atoms with Gasteiger partial charge in [0.05, 0.1) is 12.0 Å². The molecule has 1 N–H and O–H groups in total. The van der Waals surface area contributed by atoms with Crippen LogP contribution in [0.15, 0.2) is 30.3 Å². The fourth-order valence-electron chi connectivity index (χ4n) is 3.68. The number of aliphatic hydroxyl groups is 1. The van der Waals surface area contributed by atoms with Crippen molar-refractivity contribution in [3.05, 3.63) is 35.9 Å². The zero-order valence-electron chi connectivity index (χ0n) is 14.8. The van der Waals surface area contributed by atoms with Gasteiger partial charge in [0.25, 0.3) is 0 Å². The molecule has 2 aliphatic rings. The Kier molecular flexibility index (Phi) is 5.71. The monoisotopic (exact) mass is 345 g/mol. The summed E-state index contributed by atoms with van der Waals surface area (Å²) in [6, 6.07) is 9.66. The van der Waals surface area contributed by atoms with Crippen molar-refractivity contribution in [1.29, 1.82) is 0 Å². The van der Waals surface area contributed by atoms with E-state index in [2.05, 4.69) is 4.90 Å². The van der Waals surface area contributed by atoms with Gasteiger partial charge in [-0.3, -0.25) is 14.5 Å². The molecule has 0 aromatic heterocycles. The lowest BCUT2D eigenvalue weighted by Crippen LogP contribution is -2.51. The van der Waals surface area contributed by atoms with Crippen LogP contribution in [0.5, 0.6) is 0 Å². The molecule has 0 aliphatic carbocycles. The first-order valence-electron chi connectivity index (χ1n) is 9.10. The summed E-state index contributed by atoms with van der Waals surface area (Å²) < 4.78 is 0. The molecule has 0 spiro atoms. The summed E-state index contributed by atoms with van der Waals surface area (Å²) in [5, 5.41) is 10.3. The van der Waals surface area contributed by atoms with Crippen molar-refractivity contribution in [1.82, 2.24) is 14.7 Å². The molecule has 0 radical (unpaired) electrons. The van der Waals surface area contributed by atoms with E-state index < -0.39 is 6.10 Å². The summed E-state index contributed by atoms with van der Waals surface area (Å²) in [6.07, 6.45) is -0.159. The number of likely N-dealkylation sites (tertiary alicyclic amines) is 1. The van der Waals surface area contributed by atoms with Crippen molar-refractivity contribution < 1.29 is 14.7 Å². The van der Waals surface area contributed by atoms with Crippen molar-refractivity contribution >= 4 is 11.8 Å². The lowest BCUT2D eigenvalue weighted by Gasteiger charge is -2.36. The molecule has 0 bridgehead atoms. The molecule has 1 aromatic carbocycles. The second-order valence-electron chi connectivity index (χ2n) is 6.89. The number of nitrogens with zero attached hydrogens (tertiary/aromatic N) is 3. The highest BCUT2D eigenvalue weighted by Crippen LogP contribution is 2.21. The first-order chi connectivity index (χ1) is 12.1. The van der Waals surface area contributed by atoms with Crippen LogP contribution in [-0.2, 0) is 9.59 Å². The molecule has 2 aliphatic heterocycles. The van der Waals surface area contributed by atoms with E-state index in [1.54, 1.807) is 4.90 Å². The fourth-order valence-corrected chi connectivity index (χ4v) is 3.68. The molecule has 2 amide bonds. The molecule has 6 nitrogen and oxygen atoms in total. The summed E-state index contributed by atoms with van der Waals surface area (Å²) in [5.41, 5.74) is 0.921. The van der Waals surface area contributed by atoms with Crippen LogP contribution in [-0.4, -0.2) is 77.4 Å². The Balaban J connectivity index is 1.47. The van der Waals surface area contributed by atoms with E-state index in [-0.39, 0.29) is 17.7 Å². The highest BCUT2D eigenvalue weighted by molar-refractivity contribution is 5.89. The van der Waals surface area contributed by atoms with Gasteiger partial charge in [-0.25, -0.2) is 0 Å². The van der Waals surface area contributed by atoms with Crippen LogP contribution in [0.25, 0.3) is 0 Å². The summed E-state index contributed by atoms with van der Waals surface area (Å²) in [4.78, 5) is 30.3. The topological polar surface area (TPSA) is 64.1 Å². The lowest BCUT2D eigenvalue weighted by atomic mass is 10.1. The third kappa shape index (κ3) is 4.19. The van der Waals surface area contributed by atoms with E-state index in [9.17, 15) is 14.7 Å². The van der Waals surface area contributed by atoms with Gasteiger partial charge < -0.3 is 14.9 Å². The van der Waals surface area contributed by atoms with E-state index >= 15 is 0 Å². The average Bonchev–Trinajstić information content (AvgIpc) is 3.03. The molecule has 25 heavy (non-hydrogen) atoms. The molecule has 2 fully saturated rings. The number of carbonyl (C=O) groups excluding carboxylic acids is 2. The van der Waals surface area contributed by atoms with Crippen molar-refractivity contribution in [3.63, 3.8) is 0 Å². The second kappa shape index (κ2) is 7.97. The predicted octanol–water partition coefficient (Wildman–Crippen LogP) is 0.733. The minimum atomic E-state index is -0.506. The first-order valence-corrected chi connectivity index (χ1v) is 9.10. The normalized spacial score (nSPS) is 23.1. The summed E-state index contributed by atoms with van der Waals surface area (Å²) >= 11 is 0. The van der Waals surface area contributed by atoms with Gasteiger partial charge in [0.2, 0.25) is 11.8 Å². The number of rotatable bonds is 5. The Morgan fingerprint density at radius 2 is 1.88 bits per heavy atom. The summed E-state index contributed by atoms with van der Waals surface area (Å²) in [5.74, 6) is 0.00642. The van der Waals surface area contributed by atoms with Gasteiger partial charge in [0.1, 0.15) is 0 Å². The molecule has 2 atom stereocenters. The molecule has 2 saturated heterocycles. The Morgan fingerprint density at radius 3 is 2.48 bits per heavy atom. The second-order valence-corrected chi connectivity index (χ2v) is 6.89. The Hall–Kier alpha value is -1.92. The van der Waals surface area contributed by atoms with E-state index in [0.717, 1.165) is 18.7 Å². The van der Waals surface area contributed by atoms with Crippen LogP contribution in [0.2, 0.25) is 0 Å². The van der Waals surface area contributed by atoms with Crippen LogP contribution < -0.4 is 0 Å². The highest BCUT2D eigenvalue weighted by Gasteiger charge is 2.36. The van der Waals surface area contributed by atoms with E-state index in [4.69, 9.17) is 0 Å². The van der Waals surface area contributed by atoms with Gasteiger partial charge in [-0.1, -0.05) is 30.3 Å². The number of aliphatic hydroxyl groups excluding tert-OH is 1. The number of hydrogen-bond donors (Lipinski definition) is 1. The van der Waals surface area contributed by atoms with Crippen molar-refractivity contribution in [2.24, 2.45) is 5.92 Å². The van der Waals surface area contributed by atoms with Gasteiger partial charge in [0, 0.05) is 52.2 Å². The maximum atomic E-state index is 12.6. The zero-order valence-corrected chi connectivity index (χ0v) is 14.8. The quantitative estimate of drug-likeness (QED) is 0.855. The number of benzene rings is 1. The number of β-amino-alcohol motifs (C(OH)–C–C–N with tert-alkyl or cyclic N) is 1. The molecule has 1 aromatic rings. The van der Waals surface area contributed by atoms with Crippen molar-refractivity contribution in [2.45, 2.75) is 19.4 Å². The zero-order chi connectivity index (χ0) is 17.8. The van der Waals surface area contributed by atoms with E-state index in [0.29, 0.717) is 39.1 Å². The number of carbonyl (C=O) groups is 2. The van der Waals surface area contributed by atoms with E-state index in [1.807, 2.05) is 42.2 Å². The molecule has 0 unspecified atom stereocenters. The van der Waals surface area contributed by atoms with Gasteiger partial charge in [-0.05, 0) is 12.5 Å². The van der Waals surface area contributed by atoms with Crippen molar-refractivity contribution in [3.8, 4) is 0 Å². The predicted molar refractivity (Wildman–Crippen MR) is 94.8 cm³/mol. The van der Waals surface area contributed by atoms with E-state index in [1.165, 1.54) is 0 Å². The van der Waals surface area contributed by atoms with Gasteiger partial charge in [-0.2, -0.15) is 0 Å². The summed E-state index contributed by atoms with van der Waals surface area (Å²) in [7, 11) is 0. The fraction of sp³-hybridized carbons (Fsp3) is 0.579. The minimum absolute atomic E-state index is 0.0884. The minimum Gasteiger partial charge on any atom is -0.387 e. The molecule has 2 heterocycles. The lowest BCUT2D eigenvalue weighted by molar-refractivity contribution is -0.137. The SMILES string of the molecule is CCN1C[C@@H](C(=O)N2CCN(C[C@H](O)c3ccccc3)CC2)CC1=O. The van der Waals surface area contributed by atoms with Crippen LogP contribution in [0.3, 0.4) is 0 Å². The molecule has 3 rings (SSSR count). The van der Waals surface area contributed by atoms with Gasteiger partial charge >= 0.3 is 0 Å². The maximum Gasteiger partial charge on any atom is 0.228 e. The third-order valence-electron chi connectivity index (χ3n) is 5.24. The number of piperazine rings is 1. The Morgan fingerprint density at radius 1 is 1.20 bits per heavy atom. The Labute approximate surface area is 149 Å². The van der Waals surface area contributed by atoms with Crippen LogP contribution in [0.4, 0.5) is 0 Å². The molecular formula is C19H27N3O3. The average molecular weight is 345 g/mol. The van der Waals surface area contributed by atoms with Crippen molar-refractivity contribution in [2.75, 3.05) is 45.8 Å². The number of amides is 2. The number of hydrogen-bond acceptors (Lipinski definition) is 4. The molecule has 6 heteroatoms. The Bertz CT molecular complexity index is 599. The van der Waals surface area contributed by atoms with Gasteiger partial charge in [0.15, 0.2) is 0 Å². The smallest absolute Gasteiger partial charge is 0.228 e. The van der Waals surface area contributed by atoms with Crippen LogP contribution in [0, 0.1) is 5.92 Å². The maximum absolute atomic E-state index is 12.6. The van der Waals surface area contributed by atoms with Crippen LogP contribution in [0.1, 0.15) is 25.0 Å². The largest absolute Gasteiger partial charge is 0.387 e. The highest BCUT2D eigenvalue weighted by atomic mass is 16.3. The first kappa shape index (κ1) is 17.9. The molecular weight excluding hydrogens is 318 g/mol. The standard InChI is InChI=1S/C19H27N3O3/c1-2-21-13-16(12-18(21)24)19(25)22-10-8-20(9-11-22)14-17(23)15-6-4-3-5-7-15/h3-7,16-17,23H,2,8-14H2,1H3/t16-,17-/m0/s1. The molecule has 136 valence electrons. The van der Waals surface area contributed by atoms with Gasteiger partial charge in [-0.15, -0.1) is 0 Å². The molecule has 0 saturated carbocycles. The third-order valence-corrected chi connectivity index (χ3v) is 5.24.